The second kappa shape index (κ2) is 11.0. The summed E-state index contributed by atoms with van der Waals surface area (Å²) in [5.41, 5.74) is 3.42. The van der Waals surface area contributed by atoms with Crippen molar-refractivity contribution in [3.05, 3.63) is 106 Å². The fourth-order valence-corrected chi connectivity index (χ4v) is 6.35. The van der Waals surface area contributed by atoms with Gasteiger partial charge >= 0.3 is 5.97 Å². The zero-order chi connectivity index (χ0) is 30.5. The van der Waals surface area contributed by atoms with E-state index < -0.39 is 17.7 Å². The van der Waals surface area contributed by atoms with Crippen LogP contribution >= 0.6 is 22.9 Å². The smallest absolute Gasteiger partial charge is 0.337 e. The molecule has 0 aliphatic carbocycles. The maximum atomic E-state index is 13.2. The lowest BCUT2D eigenvalue weighted by molar-refractivity contribution is -0.160. The number of ether oxygens (including phenoxy) is 1. The number of hydrogen-bond donors (Lipinski definition) is 1. The Balaban J connectivity index is 1.55. The number of carbonyl (C=O) groups is 1. The molecule has 0 bridgehead atoms. The topological polar surface area (TPSA) is 107 Å². The van der Waals surface area contributed by atoms with Gasteiger partial charge in [-0.3, -0.25) is 14.3 Å². The van der Waals surface area contributed by atoms with E-state index in [0.717, 1.165) is 37.9 Å². The van der Waals surface area contributed by atoms with E-state index in [1.807, 2.05) is 64.1 Å². The van der Waals surface area contributed by atoms with Crippen molar-refractivity contribution in [1.82, 2.24) is 19.5 Å². The fraction of sp³-hybridized carbons (Fsp3) is 0.182. The third-order valence-electron chi connectivity index (χ3n) is 6.97. The van der Waals surface area contributed by atoms with Gasteiger partial charge in [-0.05, 0) is 86.7 Å². The Hall–Kier alpha value is -4.44. The van der Waals surface area contributed by atoms with Crippen molar-refractivity contribution in [1.29, 1.82) is 0 Å². The molecule has 1 atom stereocenters. The first-order valence-corrected chi connectivity index (χ1v) is 14.7. The lowest BCUT2D eigenvalue weighted by Crippen LogP contribution is -2.28. The number of thiazole rings is 1. The SMILES string of the molecule is Cc1cc2nc(-c3ccnc(-n4ccc5ccncc5c4=O)c3)sc2c(-c2ccc(Cl)cc2)c1C(OC(C)(C)C)C(=O)O. The number of carboxylic acid groups (broad SMARTS) is 1. The van der Waals surface area contributed by atoms with Crippen molar-refractivity contribution >= 4 is 49.9 Å². The minimum atomic E-state index is -1.21. The second-order valence-electron chi connectivity index (χ2n) is 11.2. The van der Waals surface area contributed by atoms with Crippen LogP contribution in [0.1, 0.15) is 38.0 Å². The van der Waals surface area contributed by atoms with E-state index in [1.54, 1.807) is 43.0 Å². The Morgan fingerprint density at radius 2 is 1.81 bits per heavy atom. The molecule has 0 aliphatic rings. The van der Waals surface area contributed by atoms with Gasteiger partial charge in [-0.1, -0.05) is 23.7 Å². The molecule has 43 heavy (non-hydrogen) atoms. The number of fused-ring (bicyclic) bond motifs is 2. The Morgan fingerprint density at radius 3 is 2.53 bits per heavy atom. The number of pyridine rings is 3. The van der Waals surface area contributed by atoms with Crippen LogP contribution in [0.15, 0.2) is 84.2 Å². The Labute approximate surface area is 256 Å². The molecule has 10 heteroatoms. The van der Waals surface area contributed by atoms with Crippen LogP contribution in [0.2, 0.25) is 5.02 Å². The van der Waals surface area contributed by atoms with E-state index in [9.17, 15) is 14.7 Å². The number of hydrogen-bond acceptors (Lipinski definition) is 7. The molecule has 1 unspecified atom stereocenters. The van der Waals surface area contributed by atoms with Gasteiger partial charge in [-0.25, -0.2) is 14.8 Å². The highest BCUT2D eigenvalue weighted by atomic mass is 35.5. The Morgan fingerprint density at radius 1 is 1.05 bits per heavy atom. The monoisotopic (exact) mass is 610 g/mol. The molecule has 0 saturated carbocycles. The lowest BCUT2D eigenvalue weighted by Gasteiger charge is -2.28. The summed E-state index contributed by atoms with van der Waals surface area (Å²) in [4.78, 5) is 39.4. The number of carboxylic acids is 1. The van der Waals surface area contributed by atoms with Crippen LogP contribution in [0, 0.1) is 6.92 Å². The first-order chi connectivity index (χ1) is 20.5. The normalized spacial score (nSPS) is 12.6. The third kappa shape index (κ3) is 5.54. The number of aryl methyl sites for hydroxylation is 1. The fourth-order valence-electron chi connectivity index (χ4n) is 5.11. The van der Waals surface area contributed by atoms with Crippen LogP contribution in [0.4, 0.5) is 0 Å². The van der Waals surface area contributed by atoms with Gasteiger partial charge < -0.3 is 9.84 Å². The van der Waals surface area contributed by atoms with Crippen molar-refractivity contribution in [2.75, 3.05) is 0 Å². The molecule has 0 saturated heterocycles. The molecule has 0 aliphatic heterocycles. The highest BCUT2D eigenvalue weighted by molar-refractivity contribution is 7.22. The van der Waals surface area contributed by atoms with E-state index in [2.05, 4.69) is 9.97 Å². The molecule has 6 aromatic rings. The van der Waals surface area contributed by atoms with Crippen LogP contribution in [0.3, 0.4) is 0 Å². The third-order valence-corrected chi connectivity index (χ3v) is 8.35. The van der Waals surface area contributed by atoms with Crippen molar-refractivity contribution in [2.45, 2.75) is 39.4 Å². The molecule has 4 heterocycles. The predicted octanol–water partition coefficient (Wildman–Crippen LogP) is 7.63. The highest BCUT2D eigenvalue weighted by Gasteiger charge is 2.32. The molecule has 2 aromatic carbocycles. The number of benzene rings is 2. The van der Waals surface area contributed by atoms with Crippen LogP contribution in [-0.4, -0.2) is 36.2 Å². The van der Waals surface area contributed by atoms with E-state index in [1.165, 1.54) is 15.9 Å². The van der Waals surface area contributed by atoms with Crippen LogP contribution in [-0.2, 0) is 9.53 Å². The van der Waals surface area contributed by atoms with Crippen molar-refractivity contribution in [2.24, 2.45) is 0 Å². The van der Waals surface area contributed by atoms with Crippen LogP contribution < -0.4 is 5.56 Å². The van der Waals surface area contributed by atoms with E-state index in [0.29, 0.717) is 26.8 Å². The molecule has 6 rings (SSSR count). The molecule has 216 valence electrons. The molecular weight excluding hydrogens is 584 g/mol. The minimum Gasteiger partial charge on any atom is -0.479 e. The standard InChI is InChI=1S/C33H27ClN4O4S/c1-18-15-24-29(27(20-5-7-22(34)8-6-20)26(18)28(32(40)41)42-33(2,3)4)43-30(37-24)21-10-13-36-25(16-21)38-14-11-19-9-12-35-17-23(19)31(38)39/h5-17,28H,1-4H3,(H,40,41). The molecule has 0 fully saturated rings. The molecule has 4 aromatic heterocycles. The van der Waals surface area contributed by atoms with E-state index in [-0.39, 0.29) is 5.56 Å². The van der Waals surface area contributed by atoms with Crippen molar-refractivity contribution < 1.29 is 14.6 Å². The van der Waals surface area contributed by atoms with E-state index >= 15 is 0 Å². The van der Waals surface area contributed by atoms with Gasteiger partial charge in [0.05, 0.1) is 21.2 Å². The van der Waals surface area contributed by atoms with Gasteiger partial charge in [0.2, 0.25) is 0 Å². The van der Waals surface area contributed by atoms with Gasteiger partial charge in [0, 0.05) is 46.5 Å². The number of halogens is 1. The quantitative estimate of drug-likeness (QED) is 0.207. The summed E-state index contributed by atoms with van der Waals surface area (Å²) in [6.45, 7) is 7.38. The molecule has 0 radical (unpaired) electrons. The predicted molar refractivity (Wildman–Crippen MR) is 170 cm³/mol. The summed E-state index contributed by atoms with van der Waals surface area (Å²) in [7, 11) is 0. The summed E-state index contributed by atoms with van der Waals surface area (Å²) < 4.78 is 8.42. The number of nitrogens with zero attached hydrogens (tertiary/aromatic N) is 4. The highest BCUT2D eigenvalue weighted by Crippen LogP contribution is 2.44. The van der Waals surface area contributed by atoms with Crippen LogP contribution in [0.5, 0.6) is 0 Å². The average molecular weight is 611 g/mol. The van der Waals surface area contributed by atoms with Gasteiger partial charge in [0.15, 0.2) is 6.10 Å². The van der Waals surface area contributed by atoms with Crippen molar-refractivity contribution in [3.63, 3.8) is 0 Å². The zero-order valence-electron chi connectivity index (χ0n) is 23.8. The lowest BCUT2D eigenvalue weighted by atomic mass is 9.91. The number of aromatic nitrogens is 4. The molecule has 0 amide bonds. The van der Waals surface area contributed by atoms with Gasteiger partial charge in [-0.2, -0.15) is 0 Å². The Kier molecular flexibility index (Phi) is 7.33. The Bertz CT molecular complexity index is 2080. The van der Waals surface area contributed by atoms with Gasteiger partial charge in [-0.15, -0.1) is 11.3 Å². The minimum absolute atomic E-state index is 0.219. The zero-order valence-corrected chi connectivity index (χ0v) is 25.4. The second-order valence-corrected chi connectivity index (χ2v) is 12.6. The maximum absolute atomic E-state index is 13.2. The number of aliphatic carboxylic acids is 1. The van der Waals surface area contributed by atoms with Gasteiger partial charge in [0.1, 0.15) is 10.8 Å². The maximum Gasteiger partial charge on any atom is 0.337 e. The van der Waals surface area contributed by atoms with Crippen molar-refractivity contribution in [3.8, 4) is 27.5 Å². The van der Waals surface area contributed by atoms with Gasteiger partial charge in [0.25, 0.3) is 5.56 Å². The molecule has 1 N–H and O–H groups in total. The molecular formula is C33H27ClN4O4S. The van der Waals surface area contributed by atoms with E-state index in [4.69, 9.17) is 21.3 Å². The molecule has 8 nitrogen and oxygen atoms in total. The summed E-state index contributed by atoms with van der Waals surface area (Å²) in [5, 5.41) is 12.9. The summed E-state index contributed by atoms with van der Waals surface area (Å²) in [5.74, 6) is -0.626. The summed E-state index contributed by atoms with van der Waals surface area (Å²) in [6.07, 6.45) is 5.34. The summed E-state index contributed by atoms with van der Waals surface area (Å²) in [6, 6.07) is 16.5. The van der Waals surface area contributed by atoms with Crippen LogP contribution in [0.25, 0.3) is 48.5 Å². The average Bonchev–Trinajstić information content (AvgIpc) is 3.39. The first kappa shape index (κ1) is 28.7. The summed E-state index contributed by atoms with van der Waals surface area (Å²) >= 11 is 7.66. The largest absolute Gasteiger partial charge is 0.479 e. The number of rotatable bonds is 6. The molecule has 0 spiro atoms. The first-order valence-electron chi connectivity index (χ1n) is 13.5.